The van der Waals surface area contributed by atoms with Gasteiger partial charge in [0.25, 0.3) is 0 Å². The van der Waals surface area contributed by atoms with Gasteiger partial charge in [0.05, 0.1) is 6.20 Å². The number of benzene rings is 1. The molecule has 0 fully saturated rings. The van der Waals surface area contributed by atoms with E-state index in [-0.39, 0.29) is 0 Å². The minimum Gasteiger partial charge on any atom is -0.310 e. The molecule has 1 N–H and O–H groups in total. The second-order valence-electron chi connectivity index (χ2n) is 5.21. The first-order chi connectivity index (χ1) is 9.15. The molecule has 1 aromatic heterocycles. The second kappa shape index (κ2) is 6.53. The highest BCUT2D eigenvalue weighted by Gasteiger charge is 2.04. The van der Waals surface area contributed by atoms with Crippen LogP contribution in [0.3, 0.4) is 0 Å². The monoisotopic (exact) mass is 257 g/mol. The zero-order valence-electron chi connectivity index (χ0n) is 12.1. The second-order valence-corrected chi connectivity index (χ2v) is 5.21. The molecule has 19 heavy (non-hydrogen) atoms. The fraction of sp³-hybridized carbons (Fsp3) is 0.438. The molecule has 0 aliphatic rings. The molecule has 2 aromatic rings. The highest BCUT2D eigenvalue weighted by atomic mass is 15.2. The molecular formula is C16H23N3. The van der Waals surface area contributed by atoms with Gasteiger partial charge in [-0.3, -0.25) is 4.68 Å². The van der Waals surface area contributed by atoms with E-state index in [1.165, 1.54) is 16.7 Å². The van der Waals surface area contributed by atoms with E-state index in [1.807, 2.05) is 17.9 Å². The van der Waals surface area contributed by atoms with Crippen LogP contribution in [0.1, 0.15) is 36.1 Å². The maximum atomic E-state index is 4.18. The van der Waals surface area contributed by atoms with Crippen LogP contribution in [0.25, 0.3) is 0 Å². The third-order valence-electron chi connectivity index (χ3n) is 3.43. The standard InChI is InChI=1S/C16H23N3/c1-13-6-8-16(9-7-13)14(2)17-10-4-5-15-11-18-19(3)12-15/h6-9,11-12,14,17H,4-5,10H2,1-3H3/t14-/m0/s1. The van der Waals surface area contributed by atoms with Crippen molar-refractivity contribution in [1.82, 2.24) is 15.1 Å². The average Bonchev–Trinajstić information content (AvgIpc) is 2.81. The van der Waals surface area contributed by atoms with Gasteiger partial charge in [-0.15, -0.1) is 0 Å². The molecule has 3 heteroatoms. The summed E-state index contributed by atoms with van der Waals surface area (Å²) in [6.07, 6.45) is 6.26. The molecule has 1 heterocycles. The van der Waals surface area contributed by atoms with Crippen molar-refractivity contribution in [3.63, 3.8) is 0 Å². The van der Waals surface area contributed by atoms with Gasteiger partial charge < -0.3 is 5.32 Å². The van der Waals surface area contributed by atoms with Crippen molar-refractivity contribution in [1.29, 1.82) is 0 Å². The third kappa shape index (κ3) is 4.21. The van der Waals surface area contributed by atoms with Crippen LogP contribution >= 0.6 is 0 Å². The van der Waals surface area contributed by atoms with Crippen molar-refractivity contribution in [3.05, 3.63) is 53.3 Å². The van der Waals surface area contributed by atoms with Crippen molar-refractivity contribution >= 4 is 0 Å². The van der Waals surface area contributed by atoms with Crippen LogP contribution in [0.15, 0.2) is 36.7 Å². The molecule has 1 atom stereocenters. The number of nitrogens with one attached hydrogen (secondary N) is 1. The van der Waals surface area contributed by atoms with Crippen LogP contribution in [0.2, 0.25) is 0 Å². The number of aryl methyl sites for hydroxylation is 3. The molecule has 0 amide bonds. The highest BCUT2D eigenvalue weighted by molar-refractivity contribution is 5.23. The lowest BCUT2D eigenvalue weighted by Gasteiger charge is -2.14. The summed E-state index contributed by atoms with van der Waals surface area (Å²) in [6.45, 7) is 5.37. The normalized spacial score (nSPS) is 12.6. The van der Waals surface area contributed by atoms with Gasteiger partial charge in [-0.25, -0.2) is 0 Å². The zero-order chi connectivity index (χ0) is 13.7. The Kier molecular flexibility index (Phi) is 4.74. The van der Waals surface area contributed by atoms with Crippen LogP contribution in [0.4, 0.5) is 0 Å². The minimum atomic E-state index is 0.412. The molecule has 0 spiro atoms. The maximum Gasteiger partial charge on any atom is 0.0521 e. The number of hydrogen-bond donors (Lipinski definition) is 1. The minimum absolute atomic E-state index is 0.412. The van der Waals surface area contributed by atoms with Gasteiger partial charge in [0.1, 0.15) is 0 Å². The lowest BCUT2D eigenvalue weighted by atomic mass is 10.1. The van der Waals surface area contributed by atoms with Crippen molar-refractivity contribution in [2.45, 2.75) is 32.7 Å². The van der Waals surface area contributed by atoms with Crippen molar-refractivity contribution in [2.75, 3.05) is 6.54 Å². The van der Waals surface area contributed by atoms with Crippen LogP contribution in [-0.4, -0.2) is 16.3 Å². The Balaban J connectivity index is 1.72. The maximum absolute atomic E-state index is 4.18. The molecule has 1 aromatic carbocycles. The molecule has 0 radical (unpaired) electrons. The first-order valence-corrected chi connectivity index (χ1v) is 6.92. The fourth-order valence-corrected chi connectivity index (χ4v) is 2.19. The topological polar surface area (TPSA) is 29.9 Å². The molecule has 0 unspecified atom stereocenters. The van der Waals surface area contributed by atoms with Gasteiger partial charge in [0.2, 0.25) is 0 Å². The SMILES string of the molecule is Cc1ccc([C@H](C)NCCCc2cnn(C)c2)cc1. The van der Waals surface area contributed by atoms with E-state index < -0.39 is 0 Å². The molecule has 2 rings (SSSR count). The lowest BCUT2D eigenvalue weighted by molar-refractivity contribution is 0.558. The molecule has 0 saturated heterocycles. The number of aromatic nitrogens is 2. The quantitative estimate of drug-likeness (QED) is 0.806. The summed E-state index contributed by atoms with van der Waals surface area (Å²) >= 11 is 0. The Hall–Kier alpha value is -1.61. The van der Waals surface area contributed by atoms with Gasteiger partial charge in [0, 0.05) is 19.3 Å². The number of rotatable bonds is 6. The number of nitrogens with zero attached hydrogens (tertiary/aromatic N) is 2. The Morgan fingerprint density at radius 2 is 2.00 bits per heavy atom. The van der Waals surface area contributed by atoms with E-state index in [2.05, 4.69) is 54.7 Å². The zero-order valence-corrected chi connectivity index (χ0v) is 12.1. The van der Waals surface area contributed by atoms with Crippen LogP contribution < -0.4 is 5.32 Å². The fourth-order valence-electron chi connectivity index (χ4n) is 2.19. The average molecular weight is 257 g/mol. The van der Waals surface area contributed by atoms with E-state index in [9.17, 15) is 0 Å². The van der Waals surface area contributed by atoms with Gasteiger partial charge >= 0.3 is 0 Å². The predicted molar refractivity (Wildman–Crippen MR) is 79.1 cm³/mol. The Labute approximate surface area is 115 Å². The summed E-state index contributed by atoms with van der Waals surface area (Å²) in [6, 6.07) is 9.16. The van der Waals surface area contributed by atoms with Crippen molar-refractivity contribution in [3.8, 4) is 0 Å². The summed E-state index contributed by atoms with van der Waals surface area (Å²) < 4.78 is 1.86. The molecule has 0 aliphatic carbocycles. The lowest BCUT2D eigenvalue weighted by Crippen LogP contribution is -2.20. The molecule has 0 aliphatic heterocycles. The van der Waals surface area contributed by atoms with Gasteiger partial charge in [0.15, 0.2) is 0 Å². The van der Waals surface area contributed by atoms with Crippen molar-refractivity contribution < 1.29 is 0 Å². The van der Waals surface area contributed by atoms with E-state index in [1.54, 1.807) is 0 Å². The molecule has 3 nitrogen and oxygen atoms in total. The van der Waals surface area contributed by atoms with E-state index in [0.717, 1.165) is 19.4 Å². The summed E-state index contributed by atoms with van der Waals surface area (Å²) in [5.74, 6) is 0. The van der Waals surface area contributed by atoms with Crippen LogP contribution in [0.5, 0.6) is 0 Å². The molecular weight excluding hydrogens is 234 g/mol. The van der Waals surface area contributed by atoms with Crippen molar-refractivity contribution in [2.24, 2.45) is 7.05 Å². The van der Waals surface area contributed by atoms with E-state index in [4.69, 9.17) is 0 Å². The van der Waals surface area contributed by atoms with Crippen LogP contribution in [-0.2, 0) is 13.5 Å². The smallest absolute Gasteiger partial charge is 0.0521 e. The summed E-state index contributed by atoms with van der Waals surface area (Å²) in [5.41, 5.74) is 3.98. The Bertz CT molecular complexity index is 499. The molecule has 0 saturated carbocycles. The van der Waals surface area contributed by atoms with Crippen LogP contribution in [0, 0.1) is 6.92 Å². The van der Waals surface area contributed by atoms with Gasteiger partial charge in [-0.2, -0.15) is 5.10 Å². The Morgan fingerprint density at radius 3 is 2.63 bits per heavy atom. The first-order valence-electron chi connectivity index (χ1n) is 6.92. The van der Waals surface area contributed by atoms with E-state index >= 15 is 0 Å². The molecule has 102 valence electrons. The summed E-state index contributed by atoms with van der Waals surface area (Å²) in [4.78, 5) is 0. The predicted octanol–water partition coefficient (Wildman–Crippen LogP) is 3.01. The molecule has 0 bridgehead atoms. The third-order valence-corrected chi connectivity index (χ3v) is 3.43. The highest BCUT2D eigenvalue weighted by Crippen LogP contribution is 2.13. The Morgan fingerprint density at radius 1 is 1.26 bits per heavy atom. The van der Waals surface area contributed by atoms with Gasteiger partial charge in [-0.1, -0.05) is 29.8 Å². The summed E-state index contributed by atoms with van der Waals surface area (Å²) in [5, 5.41) is 7.75. The number of hydrogen-bond acceptors (Lipinski definition) is 2. The van der Waals surface area contributed by atoms with E-state index in [0.29, 0.717) is 6.04 Å². The first kappa shape index (κ1) is 13.8. The van der Waals surface area contributed by atoms with Gasteiger partial charge in [-0.05, 0) is 44.4 Å². The largest absolute Gasteiger partial charge is 0.310 e. The summed E-state index contributed by atoms with van der Waals surface area (Å²) in [7, 11) is 1.96.